The maximum absolute atomic E-state index is 8.25. The predicted molar refractivity (Wildman–Crippen MR) is 23.5 cm³/mol. The molecule has 0 rings (SSSR count). The molecule has 0 spiro atoms. The Hall–Kier alpha value is 0.210. The first-order valence-corrected chi connectivity index (χ1v) is 2.08. The highest BCUT2D eigenvalue weighted by Gasteiger charge is 2.02. The van der Waals surface area contributed by atoms with E-state index in [0.717, 1.165) is 0 Å². The van der Waals surface area contributed by atoms with Crippen LogP contribution >= 0.6 is 11.6 Å². The van der Waals surface area contributed by atoms with E-state index in [1.165, 1.54) is 6.92 Å². The Kier molecular flexibility index (Phi) is 2.48. The van der Waals surface area contributed by atoms with Gasteiger partial charge < -0.3 is 10.2 Å². The van der Waals surface area contributed by atoms with Crippen LogP contribution in [0.15, 0.2) is 0 Å². The van der Waals surface area contributed by atoms with E-state index in [2.05, 4.69) is 0 Å². The Labute approximate surface area is 41.4 Å². The van der Waals surface area contributed by atoms with Crippen molar-refractivity contribution in [2.24, 2.45) is 0 Å². The van der Waals surface area contributed by atoms with Gasteiger partial charge >= 0.3 is 0 Å². The number of alkyl halides is 1. The fourth-order valence-electron chi connectivity index (χ4n) is 0. The predicted octanol–water partition coefficient (Wildman–Crippen LogP) is -0.0756. The van der Waals surface area contributed by atoms with Gasteiger partial charge in [-0.3, -0.25) is 0 Å². The van der Waals surface area contributed by atoms with Crippen molar-refractivity contribution in [3.63, 3.8) is 0 Å². The van der Waals surface area contributed by atoms with Gasteiger partial charge in [0.1, 0.15) is 0 Å². The largest absolute Gasteiger partial charge is 0.389 e. The summed E-state index contributed by atoms with van der Waals surface area (Å²) in [5, 5.41) is 16.4. The van der Waals surface area contributed by atoms with E-state index in [4.69, 9.17) is 21.8 Å². The third kappa shape index (κ3) is 2.45. The number of hydrogen-bond donors (Lipinski definition) is 2. The molecule has 0 amide bonds. The van der Waals surface area contributed by atoms with Crippen molar-refractivity contribution < 1.29 is 10.2 Å². The van der Waals surface area contributed by atoms with E-state index in [1.807, 2.05) is 0 Å². The maximum atomic E-state index is 8.25. The first kappa shape index (κ1) is 6.21. The molecular weight excluding hydrogens is 103 g/mol. The molecule has 0 fully saturated rings. The summed E-state index contributed by atoms with van der Waals surface area (Å²) >= 11 is 4.92. The zero-order chi connectivity index (χ0) is 5.15. The Morgan fingerprint density at radius 3 is 1.67 bits per heavy atom. The number of halogens is 1. The van der Waals surface area contributed by atoms with Gasteiger partial charge in [0.15, 0.2) is 5.56 Å². The molecule has 0 aliphatic rings. The summed E-state index contributed by atoms with van der Waals surface area (Å²) in [5.74, 6) is 0. The molecule has 2 N–H and O–H groups in total. The summed E-state index contributed by atoms with van der Waals surface area (Å²) in [6.45, 7) is 1.41. The molecule has 0 aromatic heterocycles. The van der Waals surface area contributed by atoms with Crippen molar-refractivity contribution in [1.29, 1.82) is 0 Å². The molecule has 0 saturated carbocycles. The molecule has 6 heavy (non-hydrogen) atoms. The summed E-state index contributed by atoms with van der Waals surface area (Å²) < 4.78 is 0. The third-order valence-corrected chi connectivity index (χ3v) is 0.763. The smallest absolute Gasteiger partial charge is 0.153 e. The number of aliphatic hydroxyl groups is 2. The number of rotatable bonds is 1. The zero-order valence-corrected chi connectivity index (χ0v) is 4.18. The molecule has 2 nitrogen and oxygen atoms in total. The molecule has 0 aliphatic carbocycles. The average Bonchev–Trinajstić information content (AvgIpc) is 1.36. The van der Waals surface area contributed by atoms with E-state index in [-0.39, 0.29) is 0 Å². The van der Waals surface area contributed by atoms with Crippen molar-refractivity contribution >= 4 is 11.6 Å². The van der Waals surface area contributed by atoms with E-state index in [9.17, 15) is 0 Å². The SMILES string of the molecule is CC(O)[C@@H](O)Cl. The molecular formula is C3H7ClO2. The van der Waals surface area contributed by atoms with E-state index in [1.54, 1.807) is 0 Å². The number of aliphatic hydroxyl groups excluding tert-OH is 2. The lowest BCUT2D eigenvalue weighted by molar-refractivity contribution is 0.0827. The van der Waals surface area contributed by atoms with E-state index >= 15 is 0 Å². The highest BCUT2D eigenvalue weighted by Crippen LogP contribution is 1.94. The summed E-state index contributed by atoms with van der Waals surface area (Å²) in [6.07, 6.45) is -0.827. The van der Waals surface area contributed by atoms with E-state index in [0.29, 0.717) is 0 Å². The second-order valence-electron chi connectivity index (χ2n) is 1.11. The summed E-state index contributed by atoms with van der Waals surface area (Å²) in [5.41, 5.74) is -1.12. The van der Waals surface area contributed by atoms with Crippen molar-refractivity contribution in [2.45, 2.75) is 18.6 Å². The Balaban J connectivity index is 2.99. The second kappa shape index (κ2) is 2.39. The lowest BCUT2D eigenvalue weighted by atomic mass is 10.4. The number of hydrogen-bond acceptors (Lipinski definition) is 2. The normalized spacial score (nSPS) is 20.0. The van der Waals surface area contributed by atoms with Gasteiger partial charge in [0.25, 0.3) is 0 Å². The van der Waals surface area contributed by atoms with Crippen molar-refractivity contribution in [3.05, 3.63) is 0 Å². The molecule has 0 heterocycles. The van der Waals surface area contributed by atoms with Gasteiger partial charge in [-0.05, 0) is 6.92 Å². The Bertz CT molecular complexity index is 29.8. The second-order valence-corrected chi connectivity index (χ2v) is 1.56. The molecule has 0 aromatic carbocycles. The van der Waals surface area contributed by atoms with Gasteiger partial charge in [-0.15, -0.1) is 0 Å². The van der Waals surface area contributed by atoms with Gasteiger partial charge in [-0.1, -0.05) is 11.6 Å². The van der Waals surface area contributed by atoms with Crippen LogP contribution in [0.25, 0.3) is 0 Å². The third-order valence-electron chi connectivity index (χ3n) is 0.398. The first-order chi connectivity index (χ1) is 2.64. The lowest BCUT2D eigenvalue weighted by Gasteiger charge is -2.01. The van der Waals surface area contributed by atoms with Crippen LogP contribution in [0, 0.1) is 0 Å². The molecule has 38 valence electrons. The molecule has 2 atom stereocenters. The average molecular weight is 111 g/mol. The molecule has 0 saturated heterocycles. The molecule has 0 bridgehead atoms. The highest BCUT2D eigenvalue weighted by atomic mass is 35.5. The molecule has 0 aliphatic heterocycles. The van der Waals surface area contributed by atoms with Gasteiger partial charge in [-0.25, -0.2) is 0 Å². The van der Waals surface area contributed by atoms with Crippen LogP contribution in [0.3, 0.4) is 0 Å². The topological polar surface area (TPSA) is 40.5 Å². The van der Waals surface area contributed by atoms with Crippen LogP contribution in [0.5, 0.6) is 0 Å². The van der Waals surface area contributed by atoms with Gasteiger partial charge in [0.05, 0.1) is 6.10 Å². The minimum absolute atomic E-state index is 0.827. The van der Waals surface area contributed by atoms with Crippen LogP contribution in [0.1, 0.15) is 6.92 Å². The molecule has 0 radical (unpaired) electrons. The minimum Gasteiger partial charge on any atom is -0.389 e. The van der Waals surface area contributed by atoms with Crippen LogP contribution in [-0.4, -0.2) is 21.9 Å². The zero-order valence-electron chi connectivity index (χ0n) is 3.43. The van der Waals surface area contributed by atoms with Crippen molar-refractivity contribution in [3.8, 4) is 0 Å². The Morgan fingerprint density at radius 1 is 1.50 bits per heavy atom. The summed E-state index contributed by atoms with van der Waals surface area (Å²) in [6, 6.07) is 0. The minimum atomic E-state index is -1.12. The molecule has 3 heteroatoms. The fourth-order valence-corrected chi connectivity index (χ4v) is 0. The molecule has 1 unspecified atom stereocenters. The monoisotopic (exact) mass is 110 g/mol. The summed E-state index contributed by atoms with van der Waals surface area (Å²) in [4.78, 5) is 0. The maximum Gasteiger partial charge on any atom is 0.153 e. The van der Waals surface area contributed by atoms with Gasteiger partial charge in [-0.2, -0.15) is 0 Å². The molecule has 0 aromatic rings. The quantitative estimate of drug-likeness (QED) is 0.464. The van der Waals surface area contributed by atoms with Crippen LogP contribution < -0.4 is 0 Å². The van der Waals surface area contributed by atoms with Crippen LogP contribution in [-0.2, 0) is 0 Å². The van der Waals surface area contributed by atoms with Crippen molar-refractivity contribution in [2.75, 3.05) is 0 Å². The van der Waals surface area contributed by atoms with E-state index < -0.39 is 11.7 Å². The Morgan fingerprint density at radius 2 is 1.67 bits per heavy atom. The van der Waals surface area contributed by atoms with Crippen LogP contribution in [0.2, 0.25) is 0 Å². The lowest BCUT2D eigenvalue weighted by Crippen LogP contribution is -2.14. The van der Waals surface area contributed by atoms with Crippen molar-refractivity contribution in [1.82, 2.24) is 0 Å². The van der Waals surface area contributed by atoms with Gasteiger partial charge in [0.2, 0.25) is 0 Å². The van der Waals surface area contributed by atoms with Gasteiger partial charge in [0, 0.05) is 0 Å². The summed E-state index contributed by atoms with van der Waals surface area (Å²) in [7, 11) is 0. The standard InChI is InChI=1S/C3H7ClO2/c1-2(5)3(4)6/h2-3,5-6H,1H3/t2?,3-/m1/s1. The van der Waals surface area contributed by atoms with Crippen LogP contribution in [0.4, 0.5) is 0 Å². The highest BCUT2D eigenvalue weighted by molar-refractivity contribution is 6.19. The first-order valence-electron chi connectivity index (χ1n) is 1.65. The fraction of sp³-hybridized carbons (Fsp3) is 1.00.